The van der Waals surface area contributed by atoms with Crippen LogP contribution in [0.25, 0.3) is 0 Å². The first-order valence-corrected chi connectivity index (χ1v) is 6.10. The lowest BCUT2D eigenvalue weighted by Gasteiger charge is -2.38. The van der Waals surface area contributed by atoms with Gasteiger partial charge in [0.15, 0.2) is 5.75 Å². The van der Waals surface area contributed by atoms with Crippen molar-refractivity contribution in [3.8, 4) is 5.75 Å². The van der Waals surface area contributed by atoms with Gasteiger partial charge in [-0.05, 0) is 25.7 Å². The van der Waals surface area contributed by atoms with Gasteiger partial charge in [0, 0.05) is 19.2 Å². The molecule has 0 amide bonds. The smallest absolute Gasteiger partial charge is 0.226 e. The molecule has 2 fully saturated rings. The molecule has 92 valence electrons. The van der Waals surface area contributed by atoms with E-state index in [4.69, 9.17) is 4.74 Å². The zero-order valence-electron chi connectivity index (χ0n) is 9.91. The Labute approximate surface area is 100 Å². The van der Waals surface area contributed by atoms with Crippen molar-refractivity contribution in [1.82, 2.24) is 9.97 Å². The van der Waals surface area contributed by atoms with E-state index in [0.717, 1.165) is 18.8 Å². The SMILES string of the molecule is COC1CC2CCC(C1)N2c1ncc(O)cn1. The lowest BCUT2D eigenvalue weighted by atomic mass is 10.0. The number of nitrogens with zero attached hydrogens (tertiary/aromatic N) is 3. The van der Waals surface area contributed by atoms with Crippen LogP contribution in [0.3, 0.4) is 0 Å². The van der Waals surface area contributed by atoms with Crippen molar-refractivity contribution in [2.45, 2.75) is 43.9 Å². The van der Waals surface area contributed by atoms with Gasteiger partial charge in [-0.3, -0.25) is 0 Å². The van der Waals surface area contributed by atoms with Crippen molar-refractivity contribution >= 4 is 5.95 Å². The van der Waals surface area contributed by atoms with Crippen LogP contribution in [-0.2, 0) is 4.74 Å². The molecule has 2 aliphatic rings. The Hall–Kier alpha value is -1.36. The molecular formula is C12H17N3O2. The number of hydrogen-bond acceptors (Lipinski definition) is 5. The van der Waals surface area contributed by atoms with Crippen LogP contribution in [-0.4, -0.2) is 40.4 Å². The van der Waals surface area contributed by atoms with Crippen LogP contribution in [0.1, 0.15) is 25.7 Å². The van der Waals surface area contributed by atoms with Crippen molar-refractivity contribution in [1.29, 1.82) is 0 Å². The van der Waals surface area contributed by atoms with Gasteiger partial charge in [-0.25, -0.2) is 9.97 Å². The largest absolute Gasteiger partial charge is 0.505 e. The Kier molecular flexibility index (Phi) is 2.63. The third-order valence-electron chi connectivity index (χ3n) is 3.88. The summed E-state index contributed by atoms with van der Waals surface area (Å²) < 4.78 is 5.47. The van der Waals surface area contributed by atoms with E-state index in [1.165, 1.54) is 25.2 Å². The molecule has 0 radical (unpaired) electrons. The van der Waals surface area contributed by atoms with Crippen LogP contribution in [0.2, 0.25) is 0 Å². The fourth-order valence-corrected chi connectivity index (χ4v) is 3.09. The van der Waals surface area contributed by atoms with E-state index in [2.05, 4.69) is 14.9 Å². The van der Waals surface area contributed by atoms with Gasteiger partial charge in [-0.1, -0.05) is 0 Å². The molecule has 1 N–H and O–H groups in total. The van der Waals surface area contributed by atoms with Crippen molar-refractivity contribution in [2.75, 3.05) is 12.0 Å². The van der Waals surface area contributed by atoms with Gasteiger partial charge in [0.1, 0.15) is 0 Å². The minimum absolute atomic E-state index is 0.118. The number of methoxy groups -OCH3 is 1. The highest BCUT2D eigenvalue weighted by Gasteiger charge is 2.42. The number of anilines is 1. The minimum Gasteiger partial charge on any atom is -0.505 e. The van der Waals surface area contributed by atoms with Crippen molar-refractivity contribution in [2.24, 2.45) is 0 Å². The minimum atomic E-state index is 0.118. The van der Waals surface area contributed by atoms with Crippen molar-refractivity contribution in [3.63, 3.8) is 0 Å². The molecule has 0 aliphatic carbocycles. The van der Waals surface area contributed by atoms with Crippen LogP contribution in [0.4, 0.5) is 5.95 Å². The third-order valence-corrected chi connectivity index (χ3v) is 3.88. The van der Waals surface area contributed by atoms with E-state index < -0.39 is 0 Å². The average Bonchev–Trinajstić information content (AvgIpc) is 2.61. The first-order valence-electron chi connectivity index (χ1n) is 6.10. The quantitative estimate of drug-likeness (QED) is 0.838. The number of piperidine rings is 1. The van der Waals surface area contributed by atoms with Crippen LogP contribution in [0, 0.1) is 0 Å². The molecule has 3 heterocycles. The first kappa shape index (κ1) is 10.8. The fourth-order valence-electron chi connectivity index (χ4n) is 3.09. The van der Waals surface area contributed by atoms with Gasteiger partial charge in [0.05, 0.1) is 18.5 Å². The second-order valence-electron chi connectivity index (χ2n) is 4.86. The van der Waals surface area contributed by atoms with Crippen LogP contribution < -0.4 is 4.90 Å². The zero-order valence-corrected chi connectivity index (χ0v) is 9.91. The monoisotopic (exact) mass is 235 g/mol. The zero-order chi connectivity index (χ0) is 11.8. The number of rotatable bonds is 2. The molecular weight excluding hydrogens is 218 g/mol. The number of aromatic hydroxyl groups is 1. The lowest BCUT2D eigenvalue weighted by molar-refractivity contribution is 0.0680. The Bertz CT molecular complexity index is 381. The van der Waals surface area contributed by atoms with E-state index in [9.17, 15) is 5.11 Å². The molecule has 2 atom stereocenters. The summed E-state index contributed by atoms with van der Waals surface area (Å²) in [6.45, 7) is 0. The molecule has 1 aromatic rings. The predicted molar refractivity (Wildman–Crippen MR) is 63.0 cm³/mol. The van der Waals surface area contributed by atoms with Crippen LogP contribution in [0.5, 0.6) is 5.75 Å². The summed E-state index contributed by atoms with van der Waals surface area (Å²) >= 11 is 0. The third kappa shape index (κ3) is 1.84. The molecule has 17 heavy (non-hydrogen) atoms. The highest BCUT2D eigenvalue weighted by atomic mass is 16.5. The molecule has 5 nitrogen and oxygen atoms in total. The summed E-state index contributed by atoms with van der Waals surface area (Å²) in [6, 6.07) is 0.978. The normalized spacial score (nSPS) is 31.8. The summed E-state index contributed by atoms with van der Waals surface area (Å²) in [7, 11) is 1.79. The second-order valence-corrected chi connectivity index (χ2v) is 4.86. The summed E-state index contributed by atoms with van der Waals surface area (Å²) in [5.74, 6) is 0.859. The van der Waals surface area contributed by atoms with Gasteiger partial charge in [0.2, 0.25) is 5.95 Å². The summed E-state index contributed by atoms with van der Waals surface area (Å²) in [4.78, 5) is 10.7. The van der Waals surface area contributed by atoms with Crippen LogP contribution in [0.15, 0.2) is 12.4 Å². The van der Waals surface area contributed by atoms with Gasteiger partial charge in [0.25, 0.3) is 0 Å². The Morgan fingerprint density at radius 3 is 2.35 bits per heavy atom. The summed E-state index contributed by atoms with van der Waals surface area (Å²) in [6.07, 6.45) is 7.78. The molecule has 2 aliphatic heterocycles. The molecule has 2 saturated heterocycles. The standard InChI is InChI=1S/C12H17N3O2/c1-17-11-4-8-2-3-9(5-11)15(8)12-13-6-10(16)7-14-12/h6-9,11,16H,2-5H2,1H3. The van der Waals surface area contributed by atoms with E-state index in [-0.39, 0.29) is 5.75 Å². The van der Waals surface area contributed by atoms with Gasteiger partial charge in [-0.2, -0.15) is 0 Å². The molecule has 2 bridgehead atoms. The lowest BCUT2D eigenvalue weighted by Crippen LogP contribution is -2.46. The topological polar surface area (TPSA) is 58.5 Å². The van der Waals surface area contributed by atoms with Gasteiger partial charge >= 0.3 is 0 Å². The van der Waals surface area contributed by atoms with Gasteiger partial charge < -0.3 is 14.7 Å². The highest BCUT2D eigenvalue weighted by Crippen LogP contribution is 2.38. The molecule has 0 saturated carbocycles. The maximum absolute atomic E-state index is 9.22. The fraction of sp³-hybridized carbons (Fsp3) is 0.667. The molecule has 1 aromatic heterocycles. The van der Waals surface area contributed by atoms with E-state index in [0.29, 0.717) is 18.2 Å². The number of fused-ring (bicyclic) bond motifs is 2. The Morgan fingerprint density at radius 1 is 1.24 bits per heavy atom. The molecule has 0 aromatic carbocycles. The van der Waals surface area contributed by atoms with E-state index >= 15 is 0 Å². The van der Waals surface area contributed by atoms with Crippen molar-refractivity contribution in [3.05, 3.63) is 12.4 Å². The van der Waals surface area contributed by atoms with Gasteiger partial charge in [-0.15, -0.1) is 0 Å². The predicted octanol–water partition coefficient (Wildman–Crippen LogP) is 1.33. The van der Waals surface area contributed by atoms with Crippen LogP contribution >= 0.6 is 0 Å². The molecule has 2 unspecified atom stereocenters. The van der Waals surface area contributed by atoms with E-state index in [1.807, 2.05) is 0 Å². The number of hydrogen-bond donors (Lipinski definition) is 1. The summed E-state index contributed by atoms with van der Waals surface area (Å²) in [5, 5.41) is 9.22. The highest BCUT2D eigenvalue weighted by molar-refractivity contribution is 5.38. The van der Waals surface area contributed by atoms with E-state index in [1.54, 1.807) is 7.11 Å². The first-order chi connectivity index (χ1) is 8.28. The Morgan fingerprint density at radius 2 is 1.82 bits per heavy atom. The second kappa shape index (κ2) is 4.14. The number of aromatic nitrogens is 2. The molecule has 5 heteroatoms. The number of ether oxygens (including phenoxy) is 1. The van der Waals surface area contributed by atoms with Crippen molar-refractivity contribution < 1.29 is 9.84 Å². The Balaban J connectivity index is 1.83. The summed E-state index contributed by atoms with van der Waals surface area (Å²) in [5.41, 5.74) is 0. The molecule has 3 rings (SSSR count). The molecule has 0 spiro atoms. The maximum Gasteiger partial charge on any atom is 0.226 e. The maximum atomic E-state index is 9.22. The average molecular weight is 235 g/mol.